The molecule has 3 aromatic carbocycles. The second-order valence-corrected chi connectivity index (χ2v) is 8.20. The topological polar surface area (TPSA) is 123 Å². The van der Waals surface area contributed by atoms with Crippen LogP contribution in [-0.2, 0) is 29.8 Å². The third-order valence-corrected chi connectivity index (χ3v) is 5.44. The summed E-state index contributed by atoms with van der Waals surface area (Å²) in [6.07, 6.45) is 1.84. The molecular formula is C27H26ClN3O6. The average Bonchev–Trinajstić information content (AvgIpc) is 3.27. The van der Waals surface area contributed by atoms with Crippen molar-refractivity contribution in [3.63, 3.8) is 0 Å². The highest BCUT2D eigenvalue weighted by atomic mass is 35.5. The van der Waals surface area contributed by atoms with E-state index in [1.165, 1.54) is 0 Å². The zero-order valence-corrected chi connectivity index (χ0v) is 21.0. The maximum atomic E-state index is 9.10. The van der Waals surface area contributed by atoms with E-state index in [1.807, 2.05) is 90.6 Å². The highest BCUT2D eigenvalue weighted by Gasteiger charge is 2.11. The molecule has 0 radical (unpaired) electrons. The van der Waals surface area contributed by atoms with E-state index in [2.05, 4.69) is 10.3 Å². The smallest absolute Gasteiger partial charge is 0.414 e. The Bertz CT molecular complexity index is 1350. The van der Waals surface area contributed by atoms with E-state index in [1.54, 1.807) is 7.11 Å². The molecule has 0 aliphatic carbocycles. The van der Waals surface area contributed by atoms with Crippen LogP contribution in [-0.4, -0.2) is 38.8 Å². The Morgan fingerprint density at radius 3 is 2.32 bits per heavy atom. The van der Waals surface area contributed by atoms with Crippen molar-refractivity contribution in [3.05, 3.63) is 95.1 Å². The molecule has 4 aromatic rings. The molecule has 0 aliphatic rings. The number of carboxylic acid groups (broad SMARTS) is 2. The molecule has 1 aromatic heterocycles. The lowest BCUT2D eigenvalue weighted by Gasteiger charge is -2.13. The molecule has 3 N–H and O–H groups in total. The van der Waals surface area contributed by atoms with Crippen LogP contribution < -0.4 is 14.8 Å². The van der Waals surface area contributed by atoms with Gasteiger partial charge < -0.3 is 29.6 Å². The Labute approximate surface area is 218 Å². The molecule has 0 saturated carbocycles. The van der Waals surface area contributed by atoms with Crippen molar-refractivity contribution in [2.75, 3.05) is 12.4 Å². The van der Waals surface area contributed by atoms with Gasteiger partial charge in [-0.1, -0.05) is 60.1 Å². The summed E-state index contributed by atoms with van der Waals surface area (Å²) in [5.74, 6) is -1.45. The first-order chi connectivity index (χ1) is 17.8. The number of hydrogen-bond donors (Lipinski definition) is 3. The molecule has 0 bridgehead atoms. The summed E-state index contributed by atoms with van der Waals surface area (Å²) in [5.41, 5.74) is 4.19. The molecule has 37 heavy (non-hydrogen) atoms. The summed E-state index contributed by atoms with van der Waals surface area (Å²) in [6.45, 7) is 1.09. The normalized spacial score (nSPS) is 10.1. The Balaban J connectivity index is 0.000000568. The van der Waals surface area contributed by atoms with Gasteiger partial charge in [0.05, 0.1) is 19.0 Å². The number of benzene rings is 3. The summed E-state index contributed by atoms with van der Waals surface area (Å²) in [4.78, 5) is 22.7. The van der Waals surface area contributed by atoms with Crippen molar-refractivity contribution >= 4 is 29.5 Å². The minimum absolute atomic E-state index is 0.483. The predicted octanol–water partition coefficient (Wildman–Crippen LogP) is 5.10. The van der Waals surface area contributed by atoms with Crippen LogP contribution in [0.5, 0.6) is 11.5 Å². The van der Waals surface area contributed by atoms with Crippen LogP contribution in [0.4, 0.5) is 5.95 Å². The van der Waals surface area contributed by atoms with Gasteiger partial charge in [-0.05, 0) is 35.4 Å². The van der Waals surface area contributed by atoms with Gasteiger partial charge in [-0.2, -0.15) is 0 Å². The summed E-state index contributed by atoms with van der Waals surface area (Å²) in [6, 6.07) is 23.8. The van der Waals surface area contributed by atoms with Crippen LogP contribution in [0.3, 0.4) is 0 Å². The first-order valence-electron chi connectivity index (χ1n) is 11.1. The molecule has 0 aliphatic heterocycles. The molecule has 1 heterocycles. The summed E-state index contributed by atoms with van der Waals surface area (Å²) < 4.78 is 13.5. The largest absolute Gasteiger partial charge is 0.493 e. The molecule has 0 fully saturated rings. The highest BCUT2D eigenvalue weighted by Crippen LogP contribution is 2.30. The summed E-state index contributed by atoms with van der Waals surface area (Å²) in [7, 11) is 3.63. The molecule has 10 heteroatoms. The van der Waals surface area contributed by atoms with Gasteiger partial charge in [-0.15, -0.1) is 0 Å². The number of methoxy groups -OCH3 is 1. The van der Waals surface area contributed by atoms with E-state index in [-0.39, 0.29) is 0 Å². The fourth-order valence-electron chi connectivity index (χ4n) is 3.35. The molecule has 192 valence electrons. The van der Waals surface area contributed by atoms with Crippen molar-refractivity contribution in [3.8, 4) is 22.8 Å². The van der Waals surface area contributed by atoms with Crippen molar-refractivity contribution in [1.29, 1.82) is 0 Å². The van der Waals surface area contributed by atoms with Crippen molar-refractivity contribution in [1.82, 2.24) is 9.55 Å². The zero-order valence-electron chi connectivity index (χ0n) is 20.2. The van der Waals surface area contributed by atoms with Gasteiger partial charge >= 0.3 is 11.9 Å². The van der Waals surface area contributed by atoms with Crippen LogP contribution >= 0.6 is 11.6 Å². The Kier molecular flexibility index (Phi) is 9.51. The van der Waals surface area contributed by atoms with Crippen LogP contribution in [0, 0.1) is 0 Å². The van der Waals surface area contributed by atoms with Gasteiger partial charge in [0.15, 0.2) is 11.5 Å². The van der Waals surface area contributed by atoms with E-state index in [0.717, 1.165) is 28.3 Å². The van der Waals surface area contributed by atoms with E-state index >= 15 is 0 Å². The van der Waals surface area contributed by atoms with E-state index < -0.39 is 11.9 Å². The lowest BCUT2D eigenvalue weighted by atomic mass is 10.2. The van der Waals surface area contributed by atoms with Gasteiger partial charge in [0.2, 0.25) is 5.95 Å². The zero-order chi connectivity index (χ0) is 26.8. The monoisotopic (exact) mass is 523 g/mol. The van der Waals surface area contributed by atoms with Crippen LogP contribution in [0.15, 0.2) is 79.0 Å². The maximum Gasteiger partial charge on any atom is 0.414 e. The number of nitrogens with zero attached hydrogens (tertiary/aromatic N) is 2. The lowest BCUT2D eigenvalue weighted by Crippen LogP contribution is -2.09. The van der Waals surface area contributed by atoms with Crippen LogP contribution in [0.2, 0.25) is 5.02 Å². The van der Waals surface area contributed by atoms with Gasteiger partial charge in [0.25, 0.3) is 0 Å². The predicted molar refractivity (Wildman–Crippen MR) is 140 cm³/mol. The standard InChI is InChI=1S/C25H24ClN3O2.C2H2O4/c1-29-22(20-9-6-10-21(26)14-20)16-28-25(29)27-15-19-11-12-23(30-2)24(13-19)31-17-18-7-4-3-5-8-18;3-1(4)2(5)6/h3-14,16H,15,17H2,1-2H3,(H,27,28);(H,3,4)(H,5,6). The highest BCUT2D eigenvalue weighted by molar-refractivity contribution is 6.30. The molecule has 0 amide bonds. The molecule has 9 nitrogen and oxygen atoms in total. The minimum Gasteiger partial charge on any atom is -0.493 e. The van der Waals surface area contributed by atoms with Crippen molar-refractivity contribution < 1.29 is 29.3 Å². The van der Waals surface area contributed by atoms with E-state index in [4.69, 9.17) is 40.9 Å². The van der Waals surface area contributed by atoms with Gasteiger partial charge in [0, 0.05) is 24.2 Å². The molecule has 0 spiro atoms. The Morgan fingerprint density at radius 1 is 0.946 bits per heavy atom. The number of halogens is 1. The van der Waals surface area contributed by atoms with Crippen molar-refractivity contribution in [2.45, 2.75) is 13.2 Å². The number of carbonyl (C=O) groups is 2. The maximum absolute atomic E-state index is 9.10. The number of ether oxygens (including phenoxy) is 2. The molecule has 0 saturated heterocycles. The molecule has 0 unspecified atom stereocenters. The van der Waals surface area contributed by atoms with E-state index in [9.17, 15) is 0 Å². The first kappa shape index (κ1) is 27.1. The third kappa shape index (κ3) is 7.74. The van der Waals surface area contributed by atoms with Gasteiger partial charge in [-0.25, -0.2) is 14.6 Å². The van der Waals surface area contributed by atoms with Gasteiger partial charge in [-0.3, -0.25) is 0 Å². The minimum atomic E-state index is -1.82. The van der Waals surface area contributed by atoms with Gasteiger partial charge in [0.1, 0.15) is 6.61 Å². The molecule has 4 rings (SSSR count). The van der Waals surface area contributed by atoms with Crippen molar-refractivity contribution in [2.24, 2.45) is 7.05 Å². The number of hydrogen-bond acceptors (Lipinski definition) is 6. The van der Waals surface area contributed by atoms with Crippen LogP contribution in [0.1, 0.15) is 11.1 Å². The fraction of sp³-hybridized carbons (Fsp3) is 0.148. The van der Waals surface area contributed by atoms with Crippen LogP contribution in [0.25, 0.3) is 11.3 Å². The number of imidazole rings is 1. The fourth-order valence-corrected chi connectivity index (χ4v) is 3.54. The second kappa shape index (κ2) is 13.0. The summed E-state index contributed by atoms with van der Waals surface area (Å²) in [5, 5.41) is 18.9. The molecule has 0 atom stereocenters. The van der Waals surface area contributed by atoms with E-state index in [0.29, 0.717) is 29.7 Å². The number of aromatic nitrogens is 2. The second-order valence-electron chi connectivity index (χ2n) is 7.76. The SMILES string of the molecule is COc1ccc(CNc2ncc(-c3cccc(Cl)c3)n2C)cc1OCc1ccccc1.O=C(O)C(=O)O. The third-order valence-electron chi connectivity index (χ3n) is 5.21. The number of carboxylic acids is 2. The molecular weight excluding hydrogens is 498 g/mol. The number of nitrogens with one attached hydrogen (secondary N) is 1. The quantitative estimate of drug-likeness (QED) is 0.273. The Hall–Kier alpha value is -4.50. The number of anilines is 1. The Morgan fingerprint density at radius 2 is 1.68 bits per heavy atom. The number of aliphatic carboxylic acids is 2. The first-order valence-corrected chi connectivity index (χ1v) is 11.5. The number of rotatable bonds is 8. The summed E-state index contributed by atoms with van der Waals surface area (Å²) >= 11 is 6.13. The average molecular weight is 524 g/mol. The lowest BCUT2D eigenvalue weighted by molar-refractivity contribution is -0.159.